The fourth-order valence-electron chi connectivity index (χ4n) is 2.99. The van der Waals surface area contributed by atoms with Gasteiger partial charge in [0.1, 0.15) is 0 Å². The lowest BCUT2D eigenvalue weighted by Crippen LogP contribution is -2.58. The molecule has 4 rings (SSSR count). The minimum absolute atomic E-state index is 0.178. The van der Waals surface area contributed by atoms with Gasteiger partial charge >= 0.3 is 5.97 Å². The Kier molecular flexibility index (Phi) is 2.33. The Bertz CT molecular complexity index is 448. The molecule has 2 bridgehead atoms. The van der Waals surface area contributed by atoms with Crippen molar-refractivity contribution in [2.75, 3.05) is 18.0 Å². The number of anilines is 1. The first kappa shape index (κ1) is 10.6. The first-order valence-electron chi connectivity index (χ1n) is 5.92. The third kappa shape index (κ3) is 1.60. The Morgan fingerprint density at radius 3 is 2.47 bits per heavy atom. The lowest BCUT2D eigenvalue weighted by Gasteiger charge is -2.52. The minimum atomic E-state index is -0.889. The lowest BCUT2D eigenvalue weighted by atomic mass is 9.68. The van der Waals surface area contributed by atoms with E-state index in [1.807, 2.05) is 12.1 Å². The number of piperidine rings is 2. The van der Waals surface area contributed by atoms with Gasteiger partial charge in [0.2, 0.25) is 0 Å². The van der Waals surface area contributed by atoms with Crippen LogP contribution in [0.25, 0.3) is 0 Å². The molecule has 90 valence electrons. The molecule has 3 aliphatic rings. The van der Waals surface area contributed by atoms with Crippen molar-refractivity contribution in [2.45, 2.75) is 12.5 Å². The quantitative estimate of drug-likeness (QED) is 0.805. The number of benzene rings is 1. The average Bonchev–Trinajstić information content (AvgIpc) is 2.38. The zero-order chi connectivity index (χ0) is 12.0. The smallest absolute Gasteiger partial charge is 0.337 e. The molecule has 1 aliphatic carbocycles. The number of carboxylic acid groups (broad SMARTS) is 1. The summed E-state index contributed by atoms with van der Waals surface area (Å²) < 4.78 is 0. The van der Waals surface area contributed by atoms with E-state index in [4.69, 9.17) is 5.11 Å². The Morgan fingerprint density at radius 2 is 1.88 bits per heavy atom. The number of aromatic carboxylic acids is 1. The zero-order valence-electron chi connectivity index (χ0n) is 9.41. The number of carboxylic acids is 1. The highest BCUT2D eigenvalue weighted by atomic mass is 16.4. The number of aliphatic hydroxyl groups is 1. The molecular formula is C13H15NO3. The monoisotopic (exact) mass is 233 g/mol. The van der Waals surface area contributed by atoms with E-state index in [9.17, 15) is 9.90 Å². The summed E-state index contributed by atoms with van der Waals surface area (Å²) in [5.74, 6) is -0.258. The third-order valence-electron chi connectivity index (χ3n) is 3.96. The fraction of sp³-hybridized carbons (Fsp3) is 0.462. The molecule has 2 saturated heterocycles. The van der Waals surface area contributed by atoms with Crippen LogP contribution in [0.5, 0.6) is 0 Å². The summed E-state index contributed by atoms with van der Waals surface area (Å²) in [5, 5.41) is 18.9. The second-order valence-corrected chi connectivity index (χ2v) is 4.97. The number of hydrogen-bond donors (Lipinski definition) is 2. The first-order valence-corrected chi connectivity index (χ1v) is 5.92. The Balaban J connectivity index is 1.88. The molecule has 0 amide bonds. The molecular weight excluding hydrogens is 218 g/mol. The van der Waals surface area contributed by atoms with Crippen LogP contribution in [0.3, 0.4) is 0 Å². The molecule has 3 fully saturated rings. The van der Waals surface area contributed by atoms with E-state index in [1.54, 1.807) is 12.1 Å². The standard InChI is InChI=1S/C13H15NO3/c15-12-8-5-9(12)7-14(6-8)11-4-2-1-3-10(11)13(16)17/h1-4,8-9,12,15H,5-7H2,(H,16,17)/t8-,9+,12?. The van der Waals surface area contributed by atoms with Crippen molar-refractivity contribution < 1.29 is 15.0 Å². The molecule has 4 nitrogen and oxygen atoms in total. The normalized spacial score (nSPS) is 30.9. The maximum Gasteiger partial charge on any atom is 0.337 e. The van der Waals surface area contributed by atoms with Crippen LogP contribution >= 0.6 is 0 Å². The van der Waals surface area contributed by atoms with Crippen LogP contribution in [0.15, 0.2) is 24.3 Å². The highest BCUT2D eigenvalue weighted by Crippen LogP contribution is 2.42. The lowest BCUT2D eigenvalue weighted by molar-refractivity contribution is -0.0531. The Hall–Kier alpha value is -1.55. The summed E-state index contributed by atoms with van der Waals surface area (Å²) >= 11 is 0. The van der Waals surface area contributed by atoms with Crippen LogP contribution in [0.4, 0.5) is 5.69 Å². The second-order valence-electron chi connectivity index (χ2n) is 4.97. The number of carbonyl (C=O) groups is 1. The van der Waals surface area contributed by atoms with Gasteiger partial charge in [0.05, 0.1) is 17.4 Å². The van der Waals surface area contributed by atoms with Crippen molar-refractivity contribution in [3.63, 3.8) is 0 Å². The van der Waals surface area contributed by atoms with Gasteiger partial charge in [-0.1, -0.05) is 12.1 Å². The second kappa shape index (κ2) is 3.74. The highest BCUT2D eigenvalue weighted by Gasteiger charge is 2.46. The summed E-state index contributed by atoms with van der Waals surface area (Å²) in [6.07, 6.45) is 0.899. The van der Waals surface area contributed by atoms with E-state index in [-0.39, 0.29) is 6.10 Å². The summed E-state index contributed by atoms with van der Waals surface area (Å²) in [5.41, 5.74) is 1.13. The van der Waals surface area contributed by atoms with Gasteiger partial charge in [-0.2, -0.15) is 0 Å². The minimum Gasteiger partial charge on any atom is -0.478 e. The van der Waals surface area contributed by atoms with Crippen molar-refractivity contribution in [3.8, 4) is 0 Å². The Morgan fingerprint density at radius 1 is 1.24 bits per heavy atom. The van der Waals surface area contributed by atoms with Gasteiger partial charge in [-0.05, 0) is 18.6 Å². The van der Waals surface area contributed by atoms with Gasteiger partial charge in [0, 0.05) is 24.9 Å². The Labute approximate surface area is 99.5 Å². The number of hydrogen-bond acceptors (Lipinski definition) is 3. The average molecular weight is 233 g/mol. The first-order chi connectivity index (χ1) is 8.16. The summed E-state index contributed by atoms with van der Waals surface area (Å²) in [6.45, 7) is 1.53. The van der Waals surface area contributed by atoms with Gasteiger partial charge < -0.3 is 15.1 Å². The number of rotatable bonds is 2. The van der Waals surface area contributed by atoms with Crippen molar-refractivity contribution in [1.82, 2.24) is 0 Å². The number of para-hydroxylation sites is 1. The molecule has 1 saturated carbocycles. The van der Waals surface area contributed by atoms with Gasteiger partial charge in [-0.25, -0.2) is 4.79 Å². The van der Waals surface area contributed by atoms with E-state index in [1.165, 1.54) is 0 Å². The summed E-state index contributed by atoms with van der Waals surface area (Å²) in [7, 11) is 0. The topological polar surface area (TPSA) is 60.8 Å². The maximum absolute atomic E-state index is 11.1. The van der Waals surface area contributed by atoms with Crippen molar-refractivity contribution in [2.24, 2.45) is 11.8 Å². The number of fused-ring (bicyclic) bond motifs is 2. The van der Waals surface area contributed by atoms with Crippen LogP contribution < -0.4 is 4.90 Å². The van der Waals surface area contributed by atoms with Crippen molar-refractivity contribution in [1.29, 1.82) is 0 Å². The predicted molar refractivity (Wildman–Crippen MR) is 63.2 cm³/mol. The molecule has 2 N–H and O–H groups in total. The largest absolute Gasteiger partial charge is 0.478 e. The molecule has 17 heavy (non-hydrogen) atoms. The van der Waals surface area contributed by atoms with E-state index in [2.05, 4.69) is 4.90 Å². The van der Waals surface area contributed by atoms with Gasteiger partial charge in [-0.3, -0.25) is 0 Å². The fourth-order valence-corrected chi connectivity index (χ4v) is 2.99. The van der Waals surface area contributed by atoms with Crippen molar-refractivity contribution in [3.05, 3.63) is 29.8 Å². The summed E-state index contributed by atoms with van der Waals surface area (Å²) in [6, 6.07) is 7.08. The van der Waals surface area contributed by atoms with E-state index in [0.29, 0.717) is 17.4 Å². The van der Waals surface area contributed by atoms with Crippen LogP contribution in [-0.4, -0.2) is 35.4 Å². The molecule has 2 heterocycles. The number of aliphatic hydroxyl groups excluding tert-OH is 1. The van der Waals surface area contributed by atoms with Gasteiger partial charge in [0.15, 0.2) is 0 Å². The molecule has 0 spiro atoms. The van der Waals surface area contributed by atoms with Crippen LogP contribution in [0.1, 0.15) is 16.8 Å². The molecule has 1 aromatic rings. The molecule has 1 unspecified atom stereocenters. The molecule has 4 heteroatoms. The van der Waals surface area contributed by atoms with Gasteiger partial charge in [-0.15, -0.1) is 0 Å². The van der Waals surface area contributed by atoms with Crippen LogP contribution in [-0.2, 0) is 0 Å². The summed E-state index contributed by atoms with van der Waals surface area (Å²) in [4.78, 5) is 13.2. The molecule has 3 atom stereocenters. The predicted octanol–water partition coefficient (Wildman–Crippen LogP) is 1.20. The SMILES string of the molecule is O=C(O)c1ccccc1N1C[C@H]2C[C@@H](C1)C2O. The van der Waals surface area contributed by atoms with E-state index in [0.717, 1.165) is 25.2 Å². The molecule has 0 aromatic heterocycles. The molecule has 2 aliphatic heterocycles. The van der Waals surface area contributed by atoms with Crippen LogP contribution in [0.2, 0.25) is 0 Å². The van der Waals surface area contributed by atoms with Gasteiger partial charge in [0.25, 0.3) is 0 Å². The maximum atomic E-state index is 11.1. The molecule has 1 aromatic carbocycles. The highest BCUT2D eigenvalue weighted by molar-refractivity contribution is 5.94. The van der Waals surface area contributed by atoms with E-state index < -0.39 is 5.97 Å². The molecule has 0 radical (unpaired) electrons. The van der Waals surface area contributed by atoms with Crippen LogP contribution in [0, 0.1) is 11.8 Å². The van der Waals surface area contributed by atoms with Crippen molar-refractivity contribution >= 4 is 11.7 Å². The third-order valence-corrected chi connectivity index (χ3v) is 3.96. The number of nitrogens with zero attached hydrogens (tertiary/aromatic N) is 1. The zero-order valence-corrected chi connectivity index (χ0v) is 9.41. The van der Waals surface area contributed by atoms with E-state index >= 15 is 0 Å².